The van der Waals surface area contributed by atoms with Crippen LogP contribution in [0.1, 0.15) is 43.7 Å². The molecule has 1 heterocycles. The molecule has 0 aromatic heterocycles. The fourth-order valence-electron chi connectivity index (χ4n) is 2.72. The lowest BCUT2D eigenvalue weighted by Gasteiger charge is -2.15. The van der Waals surface area contributed by atoms with Gasteiger partial charge in [-0.2, -0.15) is 0 Å². The van der Waals surface area contributed by atoms with Crippen LogP contribution < -0.4 is 10.6 Å². The van der Waals surface area contributed by atoms with Crippen molar-refractivity contribution >= 4 is 15.8 Å². The summed E-state index contributed by atoms with van der Waals surface area (Å²) in [6, 6.07) is 8.30. The molecule has 0 aliphatic carbocycles. The van der Waals surface area contributed by atoms with Crippen molar-refractivity contribution in [3.63, 3.8) is 0 Å². The average molecular weight is 352 g/mol. The lowest BCUT2D eigenvalue weighted by molar-refractivity contribution is 0.585. The summed E-state index contributed by atoms with van der Waals surface area (Å²) in [7, 11) is -2.93. The Balaban J connectivity index is 1.95. The highest BCUT2D eigenvalue weighted by Crippen LogP contribution is 2.18. The molecule has 1 aliphatic heterocycles. The van der Waals surface area contributed by atoms with Gasteiger partial charge in [-0.1, -0.05) is 43.2 Å². The zero-order chi connectivity index (χ0) is 17.4. The zero-order valence-corrected chi connectivity index (χ0v) is 15.5. The van der Waals surface area contributed by atoms with Crippen molar-refractivity contribution in [2.24, 2.45) is 4.99 Å². The van der Waals surface area contributed by atoms with Gasteiger partial charge in [0.15, 0.2) is 15.8 Å². The highest BCUT2D eigenvalue weighted by molar-refractivity contribution is 7.92. The van der Waals surface area contributed by atoms with E-state index in [9.17, 15) is 8.42 Å². The average Bonchev–Trinajstić information content (AvgIpc) is 2.89. The van der Waals surface area contributed by atoms with Crippen LogP contribution in [0.4, 0.5) is 0 Å². The zero-order valence-electron chi connectivity index (χ0n) is 14.7. The van der Waals surface area contributed by atoms with Crippen LogP contribution in [0.25, 0.3) is 0 Å². The molecule has 24 heavy (non-hydrogen) atoms. The standard InChI is InChI=1S/C18H29N3O2S/c1-3-4-11-19-18(20-13-16-9-7-15(2)8-10-16)21-14-17-6-5-12-24(17,22)23/h7-10,17H,3-6,11-14H2,1-2H3,(H2,19,20,21). The van der Waals surface area contributed by atoms with Crippen LogP contribution in [-0.4, -0.2) is 38.5 Å². The van der Waals surface area contributed by atoms with Gasteiger partial charge in [0.25, 0.3) is 0 Å². The molecule has 134 valence electrons. The Morgan fingerprint density at radius 2 is 2.00 bits per heavy atom. The molecule has 2 N–H and O–H groups in total. The van der Waals surface area contributed by atoms with Crippen LogP contribution in [0.3, 0.4) is 0 Å². The number of guanidine groups is 1. The molecule has 1 unspecified atom stereocenters. The summed E-state index contributed by atoms with van der Waals surface area (Å²) in [5, 5.41) is 6.23. The molecule has 0 saturated carbocycles. The molecule has 1 aromatic rings. The Morgan fingerprint density at radius 1 is 1.25 bits per heavy atom. The van der Waals surface area contributed by atoms with Crippen LogP contribution in [-0.2, 0) is 16.4 Å². The van der Waals surface area contributed by atoms with Gasteiger partial charge in [-0.15, -0.1) is 0 Å². The molecular weight excluding hydrogens is 322 g/mol. The molecule has 0 spiro atoms. The molecule has 1 aliphatic rings. The third-order valence-electron chi connectivity index (χ3n) is 4.32. The van der Waals surface area contributed by atoms with Gasteiger partial charge in [-0.3, -0.25) is 0 Å². The van der Waals surface area contributed by atoms with Gasteiger partial charge in [0.05, 0.1) is 17.5 Å². The molecule has 2 rings (SSSR count). The Morgan fingerprint density at radius 3 is 2.62 bits per heavy atom. The molecule has 1 fully saturated rings. The third-order valence-corrected chi connectivity index (χ3v) is 6.60. The number of sulfone groups is 1. The molecule has 1 atom stereocenters. The van der Waals surface area contributed by atoms with Gasteiger partial charge in [0, 0.05) is 13.1 Å². The number of unbranched alkanes of at least 4 members (excludes halogenated alkanes) is 1. The second-order valence-corrected chi connectivity index (χ2v) is 8.84. The fourth-order valence-corrected chi connectivity index (χ4v) is 4.49. The van der Waals surface area contributed by atoms with Crippen LogP contribution >= 0.6 is 0 Å². The summed E-state index contributed by atoms with van der Waals surface area (Å²) in [6.45, 7) is 6.07. The van der Waals surface area contributed by atoms with E-state index in [0.717, 1.165) is 37.8 Å². The summed E-state index contributed by atoms with van der Waals surface area (Å²) in [6.07, 6.45) is 3.69. The predicted molar refractivity (Wildman–Crippen MR) is 100 cm³/mol. The number of rotatable bonds is 7. The van der Waals surface area contributed by atoms with E-state index in [0.29, 0.717) is 24.8 Å². The third kappa shape index (κ3) is 5.82. The van der Waals surface area contributed by atoms with Gasteiger partial charge in [-0.05, 0) is 31.7 Å². The molecule has 1 saturated heterocycles. The topological polar surface area (TPSA) is 70.6 Å². The van der Waals surface area contributed by atoms with Gasteiger partial charge in [0.1, 0.15) is 0 Å². The van der Waals surface area contributed by atoms with E-state index in [-0.39, 0.29) is 5.25 Å². The molecule has 5 nitrogen and oxygen atoms in total. The van der Waals surface area contributed by atoms with Crippen molar-refractivity contribution in [2.75, 3.05) is 18.8 Å². The SMILES string of the molecule is CCCCNC(=NCc1ccc(C)cc1)NCC1CCCS1(=O)=O. The highest BCUT2D eigenvalue weighted by Gasteiger charge is 2.31. The van der Waals surface area contributed by atoms with Gasteiger partial charge in [0.2, 0.25) is 0 Å². The van der Waals surface area contributed by atoms with Crippen molar-refractivity contribution in [1.29, 1.82) is 0 Å². The van der Waals surface area contributed by atoms with E-state index in [1.165, 1.54) is 5.56 Å². The Kier molecular flexibility index (Phi) is 7.09. The number of hydrogen-bond acceptors (Lipinski definition) is 3. The number of aliphatic imine (C=N–C) groups is 1. The van der Waals surface area contributed by atoms with Crippen molar-refractivity contribution in [3.05, 3.63) is 35.4 Å². The minimum absolute atomic E-state index is 0.282. The largest absolute Gasteiger partial charge is 0.356 e. The first-order valence-electron chi connectivity index (χ1n) is 8.80. The first kappa shape index (κ1) is 18.8. The monoisotopic (exact) mass is 351 g/mol. The molecule has 0 amide bonds. The molecular formula is C18H29N3O2S. The first-order valence-corrected chi connectivity index (χ1v) is 10.5. The van der Waals surface area contributed by atoms with E-state index in [2.05, 4.69) is 53.7 Å². The Labute approximate surface area is 145 Å². The van der Waals surface area contributed by atoms with Crippen molar-refractivity contribution < 1.29 is 8.42 Å². The molecule has 6 heteroatoms. The number of aryl methyl sites for hydroxylation is 1. The van der Waals surface area contributed by atoms with Gasteiger partial charge >= 0.3 is 0 Å². The Hall–Kier alpha value is -1.56. The lowest BCUT2D eigenvalue weighted by Crippen LogP contribution is -2.42. The minimum Gasteiger partial charge on any atom is -0.356 e. The maximum Gasteiger partial charge on any atom is 0.191 e. The van der Waals surface area contributed by atoms with E-state index in [1.807, 2.05) is 0 Å². The van der Waals surface area contributed by atoms with Crippen LogP contribution in [0.15, 0.2) is 29.3 Å². The van der Waals surface area contributed by atoms with E-state index < -0.39 is 9.84 Å². The minimum atomic E-state index is -2.93. The summed E-state index contributed by atoms with van der Waals surface area (Å²) in [5.41, 5.74) is 2.37. The van der Waals surface area contributed by atoms with E-state index in [1.54, 1.807) is 0 Å². The maximum atomic E-state index is 11.9. The predicted octanol–water partition coefficient (Wildman–Crippen LogP) is 2.41. The summed E-state index contributed by atoms with van der Waals surface area (Å²) in [4.78, 5) is 4.60. The number of hydrogen-bond donors (Lipinski definition) is 2. The normalized spacial score (nSPS) is 20.1. The summed E-state index contributed by atoms with van der Waals surface area (Å²) in [5.74, 6) is 1.02. The number of nitrogens with zero attached hydrogens (tertiary/aromatic N) is 1. The van der Waals surface area contributed by atoms with Crippen molar-refractivity contribution in [1.82, 2.24) is 10.6 Å². The number of nitrogens with one attached hydrogen (secondary N) is 2. The van der Waals surface area contributed by atoms with Crippen LogP contribution in [0.2, 0.25) is 0 Å². The summed E-state index contributed by atoms with van der Waals surface area (Å²) >= 11 is 0. The molecule has 0 bridgehead atoms. The second-order valence-electron chi connectivity index (χ2n) is 6.44. The van der Waals surface area contributed by atoms with Crippen molar-refractivity contribution in [3.8, 4) is 0 Å². The van der Waals surface area contributed by atoms with Gasteiger partial charge < -0.3 is 10.6 Å². The van der Waals surface area contributed by atoms with E-state index >= 15 is 0 Å². The molecule has 1 aromatic carbocycles. The van der Waals surface area contributed by atoms with Crippen LogP contribution in [0, 0.1) is 6.92 Å². The maximum absolute atomic E-state index is 11.9. The number of benzene rings is 1. The second kappa shape index (κ2) is 9.06. The molecule has 0 radical (unpaired) electrons. The summed E-state index contributed by atoms with van der Waals surface area (Å²) < 4.78 is 23.9. The lowest BCUT2D eigenvalue weighted by atomic mass is 10.1. The van der Waals surface area contributed by atoms with Gasteiger partial charge in [-0.25, -0.2) is 13.4 Å². The van der Waals surface area contributed by atoms with E-state index in [4.69, 9.17) is 0 Å². The van der Waals surface area contributed by atoms with Crippen molar-refractivity contribution in [2.45, 2.75) is 51.3 Å². The Bertz CT molecular complexity index is 639. The smallest absolute Gasteiger partial charge is 0.191 e. The fraction of sp³-hybridized carbons (Fsp3) is 0.611. The van der Waals surface area contributed by atoms with Crippen LogP contribution in [0.5, 0.6) is 0 Å². The highest BCUT2D eigenvalue weighted by atomic mass is 32.2. The first-order chi connectivity index (χ1) is 11.5. The quantitative estimate of drug-likeness (QED) is 0.450.